The molecular weight excluding hydrogens is 346 g/mol. The van der Waals surface area contributed by atoms with Crippen molar-refractivity contribution in [1.82, 2.24) is 9.80 Å². The van der Waals surface area contributed by atoms with E-state index >= 15 is 0 Å². The first-order chi connectivity index (χ1) is 13.3. The topological polar surface area (TPSA) is 35.9 Å². The zero-order valence-corrected chi connectivity index (χ0v) is 17.9. The zero-order chi connectivity index (χ0) is 20.8. The van der Waals surface area contributed by atoms with Gasteiger partial charge in [-0.2, -0.15) is 0 Å². The van der Waals surface area contributed by atoms with Gasteiger partial charge in [0.1, 0.15) is 6.29 Å². The van der Waals surface area contributed by atoms with E-state index in [-0.39, 0.29) is 6.04 Å². The lowest BCUT2D eigenvalue weighted by atomic mass is 9.87. The third-order valence-electron chi connectivity index (χ3n) is 4.78. The number of benzene rings is 1. The molecule has 1 heterocycles. The molecular formula is C24H31N3O. The molecule has 0 aliphatic carbocycles. The molecule has 0 aromatic heterocycles. The summed E-state index contributed by atoms with van der Waals surface area (Å²) in [4.78, 5) is 20.1. The highest BCUT2D eigenvalue weighted by Gasteiger charge is 2.32. The van der Waals surface area contributed by atoms with E-state index in [0.29, 0.717) is 5.57 Å². The Labute approximate surface area is 169 Å². The third kappa shape index (κ3) is 4.69. The second-order valence-electron chi connectivity index (χ2n) is 7.36. The van der Waals surface area contributed by atoms with Crippen LogP contribution in [0.2, 0.25) is 0 Å². The van der Waals surface area contributed by atoms with E-state index in [9.17, 15) is 4.79 Å². The van der Waals surface area contributed by atoms with Crippen LogP contribution >= 0.6 is 0 Å². The Morgan fingerprint density at radius 2 is 1.86 bits per heavy atom. The van der Waals surface area contributed by atoms with Gasteiger partial charge in [-0.15, -0.1) is 0 Å². The van der Waals surface area contributed by atoms with Gasteiger partial charge in [0.05, 0.1) is 17.5 Å². The number of carbonyl (C=O) groups is 1. The maximum atomic E-state index is 11.3. The Balaban J connectivity index is 2.61. The Bertz CT molecular complexity index is 854. The lowest BCUT2D eigenvalue weighted by Gasteiger charge is -2.37. The predicted molar refractivity (Wildman–Crippen MR) is 118 cm³/mol. The van der Waals surface area contributed by atoms with Crippen LogP contribution in [-0.2, 0) is 4.79 Å². The summed E-state index contributed by atoms with van der Waals surface area (Å²) >= 11 is 0. The molecule has 0 fully saturated rings. The molecule has 0 spiro atoms. The van der Waals surface area contributed by atoms with E-state index < -0.39 is 0 Å². The van der Waals surface area contributed by atoms with Crippen molar-refractivity contribution in [3.05, 3.63) is 82.9 Å². The number of allylic oxidation sites excluding steroid dienone is 4. The van der Waals surface area contributed by atoms with E-state index in [1.807, 2.05) is 44.3 Å². The predicted octanol–water partition coefficient (Wildman–Crippen LogP) is 4.82. The van der Waals surface area contributed by atoms with Gasteiger partial charge in [0.2, 0.25) is 0 Å². The molecule has 0 saturated carbocycles. The monoisotopic (exact) mass is 377 g/mol. The summed E-state index contributed by atoms with van der Waals surface area (Å²) in [5.74, 6) is 0. The van der Waals surface area contributed by atoms with Crippen molar-refractivity contribution in [1.29, 1.82) is 0 Å². The van der Waals surface area contributed by atoms with Crippen LogP contribution < -0.4 is 0 Å². The van der Waals surface area contributed by atoms with Crippen LogP contribution in [0, 0.1) is 6.92 Å². The lowest BCUT2D eigenvalue weighted by Crippen LogP contribution is -2.32. The number of hydrogen-bond donors (Lipinski definition) is 0. The zero-order valence-electron chi connectivity index (χ0n) is 17.9. The Hall–Kier alpha value is -2.88. The molecule has 1 aromatic carbocycles. The second-order valence-corrected chi connectivity index (χ2v) is 7.36. The molecule has 0 amide bonds. The van der Waals surface area contributed by atoms with E-state index in [2.05, 4.69) is 61.6 Å². The number of likely N-dealkylation sites (N-methyl/N-ethyl adjacent to an activating group) is 1. The molecule has 0 bridgehead atoms. The van der Waals surface area contributed by atoms with Crippen molar-refractivity contribution in [2.45, 2.75) is 33.2 Å². The maximum absolute atomic E-state index is 11.3. The molecule has 0 radical (unpaired) electrons. The van der Waals surface area contributed by atoms with Crippen molar-refractivity contribution < 1.29 is 4.79 Å². The fourth-order valence-corrected chi connectivity index (χ4v) is 3.33. The Kier molecular flexibility index (Phi) is 7.16. The summed E-state index contributed by atoms with van der Waals surface area (Å²) in [6.45, 7) is 9.98. The van der Waals surface area contributed by atoms with Crippen LogP contribution in [0.4, 0.5) is 0 Å². The minimum Gasteiger partial charge on any atom is -0.382 e. The highest BCUT2D eigenvalue weighted by atomic mass is 16.1. The number of aldehydes is 1. The van der Waals surface area contributed by atoms with Gasteiger partial charge >= 0.3 is 0 Å². The first-order valence-corrected chi connectivity index (χ1v) is 9.58. The van der Waals surface area contributed by atoms with Crippen LogP contribution in [0.25, 0.3) is 0 Å². The normalized spacial score (nSPS) is 15.6. The van der Waals surface area contributed by atoms with Crippen LogP contribution in [0.5, 0.6) is 0 Å². The van der Waals surface area contributed by atoms with Gasteiger partial charge in [-0.25, -0.2) is 0 Å². The second kappa shape index (κ2) is 9.36. The summed E-state index contributed by atoms with van der Waals surface area (Å²) in [5.41, 5.74) is 7.29. The number of rotatable bonds is 9. The van der Waals surface area contributed by atoms with Gasteiger partial charge in [-0.1, -0.05) is 43.3 Å². The van der Waals surface area contributed by atoms with Gasteiger partial charge in [-0.3, -0.25) is 9.79 Å². The van der Waals surface area contributed by atoms with Gasteiger partial charge in [0, 0.05) is 38.6 Å². The standard InChI is InChI=1S/C24H31N3O/c1-8-21-23(22(9-2)25-21)24(19-12-10-17(3)11-13-19)27(7)20(15-26(5)6)14-18(4)16-28/h8,10-16,24H,1,9H2,2-7H3/b18-14-,20-15+. The molecule has 1 aliphatic rings. The molecule has 1 atom stereocenters. The van der Waals surface area contributed by atoms with Crippen molar-refractivity contribution in [3.63, 3.8) is 0 Å². The molecule has 2 rings (SSSR count). The lowest BCUT2D eigenvalue weighted by molar-refractivity contribution is -0.104. The average Bonchev–Trinajstić information content (AvgIpc) is 2.65. The first kappa shape index (κ1) is 21.4. The van der Waals surface area contributed by atoms with Gasteiger partial charge in [-0.05, 0) is 43.6 Å². The highest BCUT2D eigenvalue weighted by molar-refractivity contribution is 6.14. The minimum absolute atomic E-state index is 0.0112. The fourth-order valence-electron chi connectivity index (χ4n) is 3.33. The van der Waals surface area contributed by atoms with Crippen LogP contribution in [0.1, 0.15) is 37.4 Å². The average molecular weight is 378 g/mol. The number of nitrogens with zero attached hydrogens (tertiary/aromatic N) is 3. The molecule has 0 saturated heterocycles. The number of carbonyl (C=O) groups excluding carboxylic acids is 1. The fraction of sp³-hybridized carbons (Fsp3) is 0.333. The Morgan fingerprint density at radius 3 is 2.36 bits per heavy atom. The highest BCUT2D eigenvalue weighted by Crippen LogP contribution is 2.39. The van der Waals surface area contributed by atoms with Crippen molar-refractivity contribution in [2.75, 3.05) is 21.1 Å². The number of hydrogen-bond acceptors (Lipinski definition) is 4. The molecule has 4 heteroatoms. The Morgan fingerprint density at radius 1 is 1.21 bits per heavy atom. The van der Waals surface area contributed by atoms with Gasteiger partial charge in [0.25, 0.3) is 0 Å². The van der Waals surface area contributed by atoms with Crippen LogP contribution in [0.15, 0.2) is 76.7 Å². The summed E-state index contributed by atoms with van der Waals surface area (Å²) in [7, 11) is 6.03. The van der Waals surface area contributed by atoms with Crippen LogP contribution in [0.3, 0.4) is 0 Å². The molecule has 0 N–H and O–H groups in total. The van der Waals surface area contributed by atoms with E-state index in [4.69, 9.17) is 0 Å². The molecule has 4 nitrogen and oxygen atoms in total. The molecule has 1 aliphatic heterocycles. The quantitative estimate of drug-likeness (QED) is 0.352. The largest absolute Gasteiger partial charge is 0.382 e. The third-order valence-corrected chi connectivity index (χ3v) is 4.78. The van der Waals surface area contributed by atoms with E-state index in [1.54, 1.807) is 0 Å². The summed E-state index contributed by atoms with van der Waals surface area (Å²) in [5, 5.41) is 0. The van der Waals surface area contributed by atoms with Crippen LogP contribution in [-0.4, -0.2) is 42.9 Å². The van der Waals surface area contributed by atoms with Crippen molar-refractivity contribution in [2.24, 2.45) is 4.99 Å². The van der Waals surface area contributed by atoms with Gasteiger partial charge < -0.3 is 9.80 Å². The smallest absolute Gasteiger partial charge is 0.145 e. The van der Waals surface area contributed by atoms with E-state index in [0.717, 1.165) is 29.8 Å². The maximum Gasteiger partial charge on any atom is 0.145 e. The van der Waals surface area contributed by atoms with Crippen molar-refractivity contribution >= 4 is 12.0 Å². The molecule has 1 aromatic rings. The first-order valence-electron chi connectivity index (χ1n) is 9.58. The summed E-state index contributed by atoms with van der Waals surface area (Å²) < 4.78 is 0. The molecule has 148 valence electrons. The van der Waals surface area contributed by atoms with E-state index in [1.165, 1.54) is 16.7 Å². The molecule has 28 heavy (non-hydrogen) atoms. The summed E-state index contributed by atoms with van der Waals surface area (Å²) in [6.07, 6.45) is 7.53. The molecule has 1 unspecified atom stereocenters. The number of aliphatic imine (C=N–C) groups is 1. The minimum atomic E-state index is -0.0112. The number of aryl methyl sites for hydroxylation is 1. The summed E-state index contributed by atoms with van der Waals surface area (Å²) in [6, 6.07) is 8.59. The van der Waals surface area contributed by atoms with Gasteiger partial charge in [0.15, 0.2) is 0 Å². The SMILES string of the molecule is C=CC1=NC(CC)=C1C(c1ccc(C)cc1)N(C)C(/C=C(/C)C=O)=C/N(C)C. The van der Waals surface area contributed by atoms with Crippen molar-refractivity contribution in [3.8, 4) is 0 Å².